The molecule has 0 radical (unpaired) electrons. The maximum Gasteiger partial charge on any atom is 0.346 e. The topological polar surface area (TPSA) is 101 Å². The number of nitrogens with one attached hydrogen (secondary N) is 1. The van der Waals surface area contributed by atoms with Crippen molar-refractivity contribution in [3.05, 3.63) is 45.9 Å². The van der Waals surface area contributed by atoms with E-state index in [1.165, 1.54) is 7.11 Å². The van der Waals surface area contributed by atoms with Crippen molar-refractivity contribution in [3.63, 3.8) is 0 Å². The van der Waals surface area contributed by atoms with Gasteiger partial charge in [0.05, 0.1) is 13.7 Å². The zero-order valence-corrected chi connectivity index (χ0v) is 15.1. The van der Waals surface area contributed by atoms with E-state index >= 15 is 0 Å². The molecule has 0 spiro atoms. The summed E-state index contributed by atoms with van der Waals surface area (Å²) in [7, 11) is 1.29. The Labute approximate surface area is 151 Å². The zero-order chi connectivity index (χ0) is 19.3. The first-order valence-electron chi connectivity index (χ1n) is 8.07. The number of hydrogen-bond donors (Lipinski definition) is 1. The molecule has 7 heteroatoms. The third kappa shape index (κ3) is 4.03. The minimum atomic E-state index is -0.804. The number of methoxy groups -OCH3 is 1. The van der Waals surface area contributed by atoms with E-state index in [1.54, 1.807) is 38.1 Å². The predicted octanol–water partition coefficient (Wildman–Crippen LogP) is 2.56. The van der Waals surface area contributed by atoms with E-state index in [-0.39, 0.29) is 5.56 Å². The smallest absolute Gasteiger partial charge is 0.346 e. The van der Waals surface area contributed by atoms with E-state index < -0.39 is 17.6 Å². The summed E-state index contributed by atoms with van der Waals surface area (Å²) in [5.74, 6) is 0.268. The second kappa shape index (κ2) is 8.21. The van der Waals surface area contributed by atoms with Gasteiger partial charge in [-0.2, -0.15) is 5.26 Å². The van der Waals surface area contributed by atoms with E-state index in [0.29, 0.717) is 34.9 Å². The number of carbonyl (C=O) groups excluding carboxylic acids is 1. The van der Waals surface area contributed by atoms with E-state index in [2.05, 4.69) is 9.72 Å². The quantitative estimate of drug-likeness (QED) is 0.798. The summed E-state index contributed by atoms with van der Waals surface area (Å²) in [5, 5.41) is 9.31. The summed E-state index contributed by atoms with van der Waals surface area (Å²) in [6.45, 7) is 5.51. The first-order valence-corrected chi connectivity index (χ1v) is 8.07. The summed E-state index contributed by atoms with van der Waals surface area (Å²) in [6.07, 6.45) is -0.804. The van der Waals surface area contributed by atoms with Crippen LogP contribution in [-0.2, 0) is 9.53 Å². The molecule has 2 rings (SSSR count). The number of esters is 1. The molecule has 1 unspecified atom stereocenters. The van der Waals surface area contributed by atoms with Crippen molar-refractivity contribution < 1.29 is 19.0 Å². The van der Waals surface area contributed by atoms with Crippen molar-refractivity contribution >= 4 is 5.97 Å². The Morgan fingerprint density at radius 2 is 2.04 bits per heavy atom. The SMILES string of the molecule is CCOc1cc(-c2cc(C)[nH]c(=O)c2C#N)ccc1OC(C)C(=O)OC. The summed E-state index contributed by atoms with van der Waals surface area (Å²) in [4.78, 5) is 26.2. The van der Waals surface area contributed by atoms with Gasteiger partial charge in [0.15, 0.2) is 17.6 Å². The number of ether oxygens (including phenoxy) is 3. The number of hydrogen-bond acceptors (Lipinski definition) is 6. The Kier molecular flexibility index (Phi) is 6.02. The van der Waals surface area contributed by atoms with Crippen LogP contribution in [0.1, 0.15) is 25.1 Å². The van der Waals surface area contributed by atoms with Crippen molar-refractivity contribution in [3.8, 4) is 28.7 Å². The molecule has 0 aliphatic heterocycles. The Morgan fingerprint density at radius 1 is 1.31 bits per heavy atom. The molecular formula is C19H20N2O5. The number of pyridine rings is 1. The highest BCUT2D eigenvalue weighted by Crippen LogP contribution is 2.34. The second-order valence-corrected chi connectivity index (χ2v) is 5.56. The normalized spacial score (nSPS) is 11.3. The minimum absolute atomic E-state index is 0.0228. The standard InChI is InChI=1S/C19H20N2O5/c1-5-25-17-9-13(6-7-16(17)26-12(3)19(23)24-4)14-8-11(2)21-18(22)15(14)10-20/h6-9,12H,5H2,1-4H3,(H,21,22). The molecule has 0 aliphatic rings. The van der Waals surface area contributed by atoms with Crippen molar-refractivity contribution in [2.45, 2.75) is 26.9 Å². The first kappa shape index (κ1) is 19.1. The molecule has 2 aromatic rings. The van der Waals surface area contributed by atoms with Gasteiger partial charge in [-0.25, -0.2) is 4.79 Å². The molecule has 0 saturated heterocycles. The number of H-pyrrole nitrogens is 1. The number of aromatic amines is 1. The maximum atomic E-state index is 12.0. The number of nitrogens with zero attached hydrogens (tertiary/aromatic N) is 1. The average molecular weight is 356 g/mol. The molecule has 7 nitrogen and oxygen atoms in total. The summed E-state index contributed by atoms with van der Waals surface area (Å²) in [5.41, 5.74) is 1.36. The first-order chi connectivity index (χ1) is 12.4. The Hall–Kier alpha value is -3.27. The highest BCUT2D eigenvalue weighted by atomic mass is 16.6. The molecule has 0 amide bonds. The molecule has 0 bridgehead atoms. The zero-order valence-electron chi connectivity index (χ0n) is 15.1. The van der Waals surface area contributed by atoms with Gasteiger partial charge in [-0.15, -0.1) is 0 Å². The molecule has 136 valence electrons. The number of benzene rings is 1. The van der Waals surface area contributed by atoms with E-state index in [9.17, 15) is 14.9 Å². The van der Waals surface area contributed by atoms with Gasteiger partial charge in [-0.3, -0.25) is 4.79 Å². The van der Waals surface area contributed by atoms with Crippen LogP contribution in [0.3, 0.4) is 0 Å². The summed E-state index contributed by atoms with van der Waals surface area (Å²) < 4.78 is 15.9. The maximum absolute atomic E-state index is 12.0. The van der Waals surface area contributed by atoms with Crippen molar-refractivity contribution in [1.82, 2.24) is 4.98 Å². The van der Waals surface area contributed by atoms with Gasteiger partial charge >= 0.3 is 5.97 Å². The second-order valence-electron chi connectivity index (χ2n) is 5.56. The van der Waals surface area contributed by atoms with Crippen LogP contribution in [-0.4, -0.2) is 30.8 Å². The van der Waals surface area contributed by atoms with Crippen LogP contribution < -0.4 is 15.0 Å². The number of carbonyl (C=O) groups is 1. The van der Waals surface area contributed by atoms with Crippen LogP contribution in [0, 0.1) is 18.3 Å². The fourth-order valence-corrected chi connectivity index (χ4v) is 2.47. The highest BCUT2D eigenvalue weighted by Gasteiger charge is 2.19. The number of aromatic nitrogens is 1. The number of rotatable bonds is 6. The molecule has 1 heterocycles. The molecule has 26 heavy (non-hydrogen) atoms. The lowest BCUT2D eigenvalue weighted by atomic mass is 10.0. The van der Waals surface area contributed by atoms with E-state index in [1.807, 2.05) is 13.0 Å². The van der Waals surface area contributed by atoms with Gasteiger partial charge in [-0.1, -0.05) is 6.07 Å². The number of aryl methyl sites for hydroxylation is 1. The molecule has 1 atom stereocenters. The third-order valence-corrected chi connectivity index (χ3v) is 3.67. The predicted molar refractivity (Wildman–Crippen MR) is 95.2 cm³/mol. The monoisotopic (exact) mass is 356 g/mol. The minimum Gasteiger partial charge on any atom is -0.490 e. The molecule has 1 aromatic heterocycles. The molecule has 1 aromatic carbocycles. The lowest BCUT2D eigenvalue weighted by Gasteiger charge is -2.17. The molecular weight excluding hydrogens is 336 g/mol. The summed E-state index contributed by atoms with van der Waals surface area (Å²) >= 11 is 0. The lowest BCUT2D eigenvalue weighted by molar-refractivity contribution is -0.147. The highest BCUT2D eigenvalue weighted by molar-refractivity contribution is 5.75. The van der Waals surface area contributed by atoms with Gasteiger partial charge in [-0.05, 0) is 44.5 Å². The van der Waals surface area contributed by atoms with Gasteiger partial charge in [0.2, 0.25) is 0 Å². The molecule has 0 saturated carbocycles. The lowest BCUT2D eigenvalue weighted by Crippen LogP contribution is -2.25. The van der Waals surface area contributed by atoms with E-state index in [4.69, 9.17) is 9.47 Å². The van der Waals surface area contributed by atoms with Crippen molar-refractivity contribution in [2.24, 2.45) is 0 Å². The average Bonchev–Trinajstić information content (AvgIpc) is 2.62. The molecule has 1 N–H and O–H groups in total. The van der Waals surface area contributed by atoms with Gasteiger partial charge < -0.3 is 19.2 Å². The Bertz CT molecular complexity index is 911. The van der Waals surface area contributed by atoms with Crippen LogP contribution in [0.2, 0.25) is 0 Å². The van der Waals surface area contributed by atoms with Crippen LogP contribution in [0.4, 0.5) is 0 Å². The van der Waals surface area contributed by atoms with Crippen molar-refractivity contribution in [1.29, 1.82) is 5.26 Å². The Balaban J connectivity index is 2.51. The van der Waals surface area contributed by atoms with Gasteiger partial charge in [0.25, 0.3) is 5.56 Å². The van der Waals surface area contributed by atoms with Crippen molar-refractivity contribution in [2.75, 3.05) is 13.7 Å². The van der Waals surface area contributed by atoms with Crippen LogP contribution >= 0.6 is 0 Å². The van der Waals surface area contributed by atoms with Gasteiger partial charge in [0, 0.05) is 11.3 Å². The van der Waals surface area contributed by atoms with Gasteiger partial charge in [0.1, 0.15) is 11.6 Å². The number of nitriles is 1. The molecule has 0 fully saturated rings. The Morgan fingerprint density at radius 3 is 2.65 bits per heavy atom. The van der Waals surface area contributed by atoms with E-state index in [0.717, 1.165) is 0 Å². The van der Waals surface area contributed by atoms with Crippen LogP contribution in [0.5, 0.6) is 11.5 Å². The fourth-order valence-electron chi connectivity index (χ4n) is 2.47. The van der Waals surface area contributed by atoms with Crippen LogP contribution in [0.25, 0.3) is 11.1 Å². The molecule has 0 aliphatic carbocycles. The fraction of sp³-hybridized carbons (Fsp3) is 0.316. The third-order valence-electron chi connectivity index (χ3n) is 3.67. The largest absolute Gasteiger partial charge is 0.490 e. The van der Waals surface area contributed by atoms with Crippen LogP contribution in [0.15, 0.2) is 29.1 Å². The summed E-state index contributed by atoms with van der Waals surface area (Å²) in [6, 6.07) is 8.68.